The van der Waals surface area contributed by atoms with E-state index in [1.54, 1.807) is 12.1 Å². The highest BCUT2D eigenvalue weighted by Gasteiger charge is 2.32. The van der Waals surface area contributed by atoms with Crippen LogP contribution in [0.2, 0.25) is 0 Å². The van der Waals surface area contributed by atoms with E-state index in [9.17, 15) is 13.9 Å². The highest BCUT2D eigenvalue weighted by molar-refractivity contribution is 5.34. The van der Waals surface area contributed by atoms with E-state index < -0.39 is 11.9 Å². The molecule has 0 spiro atoms. The summed E-state index contributed by atoms with van der Waals surface area (Å²) in [7, 11) is 0. The van der Waals surface area contributed by atoms with Crippen molar-refractivity contribution in [1.29, 1.82) is 5.26 Å². The van der Waals surface area contributed by atoms with Crippen LogP contribution in [0.15, 0.2) is 42.5 Å². The van der Waals surface area contributed by atoms with E-state index in [0.29, 0.717) is 19.5 Å². The van der Waals surface area contributed by atoms with Crippen LogP contribution in [0.5, 0.6) is 0 Å². The second kappa shape index (κ2) is 6.45. The zero-order valence-electron chi connectivity index (χ0n) is 12.4. The number of nitriles is 1. The number of halogens is 2. The van der Waals surface area contributed by atoms with E-state index in [1.165, 1.54) is 24.3 Å². The van der Waals surface area contributed by atoms with Crippen molar-refractivity contribution >= 4 is 0 Å². The Morgan fingerprint density at radius 3 is 2.78 bits per heavy atom. The van der Waals surface area contributed by atoms with Crippen LogP contribution >= 0.6 is 0 Å². The Kier molecular flexibility index (Phi) is 4.37. The molecule has 0 radical (unpaired) electrons. The lowest BCUT2D eigenvalue weighted by atomic mass is 10.0. The van der Waals surface area contributed by atoms with E-state index in [2.05, 4.69) is 0 Å². The number of aliphatic hydroxyl groups excluding tert-OH is 1. The molecule has 118 valence electrons. The monoisotopic (exact) mass is 314 g/mol. The minimum atomic E-state index is -0.542. The average molecular weight is 314 g/mol. The molecule has 1 aliphatic heterocycles. The molecule has 0 amide bonds. The summed E-state index contributed by atoms with van der Waals surface area (Å²) in [5.74, 6) is -0.850. The topological polar surface area (TPSA) is 47.3 Å². The predicted octanol–water partition coefficient (Wildman–Crippen LogP) is 3.14. The summed E-state index contributed by atoms with van der Waals surface area (Å²) in [6.07, 6.45) is 0.0367. The molecule has 2 aromatic rings. The normalized spacial score (nSPS) is 21.3. The number of aliphatic hydroxyl groups is 1. The summed E-state index contributed by atoms with van der Waals surface area (Å²) in [4.78, 5) is 2.02. The van der Waals surface area contributed by atoms with Gasteiger partial charge in [0.05, 0.1) is 11.7 Å². The van der Waals surface area contributed by atoms with E-state index in [4.69, 9.17) is 5.26 Å². The van der Waals surface area contributed by atoms with Gasteiger partial charge in [0.25, 0.3) is 0 Å². The number of hydrogen-bond acceptors (Lipinski definition) is 3. The van der Waals surface area contributed by atoms with Crippen molar-refractivity contribution in [3.8, 4) is 6.07 Å². The van der Waals surface area contributed by atoms with E-state index in [1.807, 2.05) is 17.0 Å². The van der Waals surface area contributed by atoms with Gasteiger partial charge in [0.15, 0.2) is 0 Å². The molecule has 2 atom stereocenters. The largest absolute Gasteiger partial charge is 0.392 e. The molecule has 0 unspecified atom stereocenters. The molecule has 3 nitrogen and oxygen atoms in total. The molecular weight excluding hydrogens is 298 g/mol. The van der Waals surface area contributed by atoms with Gasteiger partial charge in [-0.05, 0) is 41.8 Å². The van der Waals surface area contributed by atoms with Crippen LogP contribution in [-0.2, 0) is 6.54 Å². The highest BCUT2D eigenvalue weighted by atomic mass is 19.1. The second-order valence-electron chi connectivity index (χ2n) is 5.82. The lowest BCUT2D eigenvalue weighted by molar-refractivity contribution is 0.172. The third-order valence-corrected chi connectivity index (χ3v) is 4.15. The van der Waals surface area contributed by atoms with Gasteiger partial charge in [-0.1, -0.05) is 18.2 Å². The first-order valence-corrected chi connectivity index (χ1v) is 7.43. The maximum Gasteiger partial charge on any atom is 0.140 e. The third-order valence-electron chi connectivity index (χ3n) is 4.15. The minimum Gasteiger partial charge on any atom is -0.392 e. The maximum absolute atomic E-state index is 13.5. The van der Waals surface area contributed by atoms with Crippen LogP contribution in [-0.4, -0.2) is 22.7 Å². The van der Waals surface area contributed by atoms with Crippen LogP contribution in [0.4, 0.5) is 8.78 Å². The van der Waals surface area contributed by atoms with Crippen LogP contribution in [0, 0.1) is 23.0 Å². The SMILES string of the molecule is N#Cc1cc(CN2C[C@H](O)C[C@H]2c2cccc(F)c2)ccc1F. The van der Waals surface area contributed by atoms with Gasteiger partial charge in [0.2, 0.25) is 0 Å². The van der Waals surface area contributed by atoms with Crippen LogP contribution in [0.1, 0.15) is 29.2 Å². The second-order valence-corrected chi connectivity index (χ2v) is 5.82. The van der Waals surface area contributed by atoms with E-state index in [-0.39, 0.29) is 17.4 Å². The Morgan fingerprint density at radius 2 is 2.04 bits per heavy atom. The Morgan fingerprint density at radius 1 is 1.22 bits per heavy atom. The smallest absolute Gasteiger partial charge is 0.140 e. The van der Waals surface area contributed by atoms with Gasteiger partial charge in [-0.15, -0.1) is 0 Å². The van der Waals surface area contributed by atoms with Gasteiger partial charge in [0.1, 0.15) is 17.7 Å². The molecule has 1 saturated heterocycles. The summed E-state index contributed by atoms with van der Waals surface area (Å²) in [6.45, 7) is 0.924. The Bertz CT molecular complexity index is 757. The first-order chi connectivity index (χ1) is 11.1. The van der Waals surface area contributed by atoms with Gasteiger partial charge in [-0.25, -0.2) is 8.78 Å². The summed E-state index contributed by atoms with van der Waals surface area (Å²) in [6, 6.07) is 12.5. The Balaban J connectivity index is 1.84. The molecular formula is C18H16F2N2O. The molecule has 3 rings (SSSR count). The molecule has 0 saturated carbocycles. The van der Waals surface area contributed by atoms with Crippen LogP contribution < -0.4 is 0 Å². The first-order valence-electron chi connectivity index (χ1n) is 7.43. The fourth-order valence-corrected chi connectivity index (χ4v) is 3.11. The predicted molar refractivity (Wildman–Crippen MR) is 81.3 cm³/mol. The molecule has 23 heavy (non-hydrogen) atoms. The molecule has 5 heteroatoms. The Labute approximate surface area is 133 Å². The summed E-state index contributed by atoms with van der Waals surface area (Å²) >= 11 is 0. The van der Waals surface area contributed by atoms with Gasteiger partial charge in [-0.2, -0.15) is 5.26 Å². The van der Waals surface area contributed by atoms with Crippen LogP contribution in [0.25, 0.3) is 0 Å². The zero-order chi connectivity index (χ0) is 16.4. The number of benzene rings is 2. The van der Waals surface area contributed by atoms with Gasteiger partial charge in [0, 0.05) is 19.1 Å². The molecule has 2 aromatic carbocycles. The summed E-state index contributed by atoms with van der Waals surface area (Å²) in [5.41, 5.74) is 1.60. The van der Waals surface area contributed by atoms with Crippen molar-refractivity contribution in [2.24, 2.45) is 0 Å². The number of hydrogen-bond donors (Lipinski definition) is 1. The maximum atomic E-state index is 13.5. The van der Waals surface area contributed by atoms with Crippen molar-refractivity contribution < 1.29 is 13.9 Å². The first kappa shape index (κ1) is 15.6. The van der Waals surface area contributed by atoms with E-state index >= 15 is 0 Å². The van der Waals surface area contributed by atoms with Gasteiger partial charge in [-0.3, -0.25) is 4.90 Å². The van der Waals surface area contributed by atoms with Crippen molar-refractivity contribution in [2.45, 2.75) is 25.1 Å². The average Bonchev–Trinajstić information content (AvgIpc) is 2.90. The molecule has 0 bridgehead atoms. The minimum absolute atomic E-state index is 0.00421. The fourth-order valence-electron chi connectivity index (χ4n) is 3.11. The fraction of sp³-hybridized carbons (Fsp3) is 0.278. The molecule has 0 aliphatic carbocycles. The summed E-state index contributed by atoms with van der Waals surface area (Å²) < 4.78 is 26.9. The van der Waals surface area contributed by atoms with Gasteiger partial charge < -0.3 is 5.11 Å². The quantitative estimate of drug-likeness (QED) is 0.947. The molecule has 1 heterocycles. The standard InChI is InChI=1S/C18H16F2N2O/c19-15-3-1-2-13(7-15)18-8-16(23)11-22(18)10-12-4-5-17(20)14(6-12)9-21/h1-7,16,18,23H,8,10-11H2/t16-,18+/m1/s1. The molecule has 1 N–H and O–H groups in total. The van der Waals surface area contributed by atoms with Crippen LogP contribution in [0.3, 0.4) is 0 Å². The van der Waals surface area contributed by atoms with Crippen molar-refractivity contribution in [3.63, 3.8) is 0 Å². The zero-order valence-corrected chi connectivity index (χ0v) is 12.4. The molecule has 1 fully saturated rings. The highest BCUT2D eigenvalue weighted by Crippen LogP contribution is 2.33. The van der Waals surface area contributed by atoms with Crippen molar-refractivity contribution in [1.82, 2.24) is 4.90 Å². The lowest BCUT2D eigenvalue weighted by Gasteiger charge is -2.24. The Hall–Kier alpha value is -2.29. The van der Waals surface area contributed by atoms with E-state index in [0.717, 1.165) is 11.1 Å². The van der Waals surface area contributed by atoms with Crippen molar-refractivity contribution in [3.05, 3.63) is 70.8 Å². The number of β-amino-alcohol motifs (C(OH)–C–C–N with tert-alkyl or cyclic N) is 1. The third kappa shape index (κ3) is 3.39. The van der Waals surface area contributed by atoms with Crippen molar-refractivity contribution in [2.75, 3.05) is 6.54 Å². The molecule has 1 aliphatic rings. The van der Waals surface area contributed by atoms with Gasteiger partial charge >= 0.3 is 0 Å². The number of likely N-dealkylation sites (tertiary alicyclic amines) is 1. The number of rotatable bonds is 3. The summed E-state index contributed by atoms with van der Waals surface area (Å²) in [5, 5.41) is 18.9. The lowest BCUT2D eigenvalue weighted by Crippen LogP contribution is -2.24. The number of nitrogens with zero attached hydrogens (tertiary/aromatic N) is 2. The molecule has 0 aromatic heterocycles.